The second-order valence-electron chi connectivity index (χ2n) is 3.01. The molecule has 0 aliphatic heterocycles. The molecule has 3 aromatic rings. The second kappa shape index (κ2) is 2.65. The summed E-state index contributed by atoms with van der Waals surface area (Å²) in [5, 5.41) is 14.0. The minimum Gasteiger partial charge on any atom is -0.841 e. The SMILES string of the molecule is [O-]c1csc2c3ccccc3nc[n+]12. The molecule has 0 unspecified atom stereocenters. The van der Waals surface area contributed by atoms with E-state index in [-0.39, 0.29) is 5.88 Å². The van der Waals surface area contributed by atoms with Crippen LogP contribution in [0.5, 0.6) is 5.88 Å². The van der Waals surface area contributed by atoms with Gasteiger partial charge in [0.25, 0.3) is 6.33 Å². The predicted octanol–water partition coefficient (Wildman–Crippen LogP) is 1.11. The first-order valence-corrected chi connectivity index (χ1v) is 5.08. The van der Waals surface area contributed by atoms with E-state index in [1.54, 1.807) is 16.1 Å². The molecule has 0 N–H and O–H groups in total. The summed E-state index contributed by atoms with van der Waals surface area (Å²) in [6.45, 7) is 0. The molecule has 0 saturated heterocycles. The number of aromatic nitrogens is 2. The molecule has 2 heterocycles. The molecule has 0 aliphatic rings. The normalized spacial score (nSPS) is 11.1. The van der Waals surface area contributed by atoms with E-state index in [9.17, 15) is 5.11 Å². The molecule has 0 fully saturated rings. The van der Waals surface area contributed by atoms with Crippen molar-refractivity contribution in [1.29, 1.82) is 0 Å². The van der Waals surface area contributed by atoms with Gasteiger partial charge in [-0.25, -0.2) is 0 Å². The second-order valence-corrected chi connectivity index (χ2v) is 3.87. The molecule has 68 valence electrons. The highest BCUT2D eigenvalue weighted by molar-refractivity contribution is 7.16. The zero-order valence-corrected chi connectivity index (χ0v) is 7.99. The molecule has 0 aliphatic carbocycles. The maximum absolute atomic E-state index is 11.4. The van der Waals surface area contributed by atoms with Crippen molar-refractivity contribution < 1.29 is 9.51 Å². The number of benzene rings is 1. The van der Waals surface area contributed by atoms with E-state index < -0.39 is 0 Å². The maximum atomic E-state index is 11.4. The third kappa shape index (κ3) is 0.914. The Bertz CT molecular complexity index is 618. The van der Waals surface area contributed by atoms with E-state index in [0.29, 0.717) is 0 Å². The van der Waals surface area contributed by atoms with Gasteiger partial charge in [-0.15, -0.1) is 0 Å². The van der Waals surface area contributed by atoms with Crippen LogP contribution in [0, 0.1) is 0 Å². The van der Waals surface area contributed by atoms with Crippen molar-refractivity contribution in [3.8, 4) is 5.88 Å². The van der Waals surface area contributed by atoms with E-state index in [0.717, 1.165) is 15.7 Å². The number of para-hydroxylation sites is 1. The fraction of sp³-hybridized carbons (Fsp3) is 0. The van der Waals surface area contributed by atoms with Crippen molar-refractivity contribution >= 4 is 27.1 Å². The van der Waals surface area contributed by atoms with Gasteiger partial charge in [0.2, 0.25) is 0 Å². The molecule has 4 heteroatoms. The Morgan fingerprint density at radius 3 is 3.07 bits per heavy atom. The third-order valence-electron chi connectivity index (χ3n) is 2.17. The minimum atomic E-state index is -0.0109. The van der Waals surface area contributed by atoms with Crippen LogP contribution in [0.2, 0.25) is 0 Å². The first-order valence-electron chi connectivity index (χ1n) is 4.20. The summed E-state index contributed by atoms with van der Waals surface area (Å²) in [7, 11) is 0. The number of rotatable bonds is 0. The smallest absolute Gasteiger partial charge is 0.292 e. The van der Waals surface area contributed by atoms with E-state index >= 15 is 0 Å². The highest BCUT2D eigenvalue weighted by Gasteiger charge is 2.09. The van der Waals surface area contributed by atoms with Crippen molar-refractivity contribution in [2.75, 3.05) is 0 Å². The number of thiazole rings is 1. The third-order valence-corrected chi connectivity index (χ3v) is 3.13. The van der Waals surface area contributed by atoms with Gasteiger partial charge in [0.1, 0.15) is 0 Å². The Balaban J connectivity index is 2.61. The van der Waals surface area contributed by atoms with Crippen molar-refractivity contribution in [2.24, 2.45) is 0 Å². The molecule has 1 aromatic carbocycles. The van der Waals surface area contributed by atoms with Crippen LogP contribution in [0.15, 0.2) is 36.0 Å². The van der Waals surface area contributed by atoms with Crippen molar-refractivity contribution in [1.82, 2.24) is 4.98 Å². The van der Waals surface area contributed by atoms with Crippen molar-refractivity contribution in [2.45, 2.75) is 0 Å². The summed E-state index contributed by atoms with van der Waals surface area (Å²) in [5.74, 6) is -0.0109. The van der Waals surface area contributed by atoms with E-state index in [2.05, 4.69) is 4.98 Å². The summed E-state index contributed by atoms with van der Waals surface area (Å²) in [6.07, 6.45) is 1.58. The van der Waals surface area contributed by atoms with Gasteiger partial charge in [0.05, 0.1) is 11.3 Å². The van der Waals surface area contributed by atoms with Crippen LogP contribution in [-0.2, 0) is 0 Å². The van der Waals surface area contributed by atoms with Crippen LogP contribution >= 0.6 is 11.3 Å². The molecule has 3 nitrogen and oxygen atoms in total. The average molecular weight is 202 g/mol. The average Bonchev–Trinajstić information content (AvgIpc) is 2.61. The lowest BCUT2D eigenvalue weighted by Crippen LogP contribution is -2.23. The van der Waals surface area contributed by atoms with Gasteiger partial charge >= 0.3 is 0 Å². The van der Waals surface area contributed by atoms with E-state index in [1.807, 2.05) is 24.3 Å². The van der Waals surface area contributed by atoms with Gasteiger partial charge in [-0.3, -0.25) is 0 Å². The Labute approximate surface area is 83.9 Å². The van der Waals surface area contributed by atoms with Gasteiger partial charge < -0.3 is 5.11 Å². The summed E-state index contributed by atoms with van der Waals surface area (Å²) in [4.78, 5) is 5.17. The fourth-order valence-corrected chi connectivity index (χ4v) is 2.39. The highest BCUT2D eigenvalue weighted by Crippen LogP contribution is 2.20. The molecule has 0 radical (unpaired) electrons. The molecule has 0 spiro atoms. The maximum Gasteiger partial charge on any atom is 0.292 e. The molecule has 0 saturated carbocycles. The zero-order valence-electron chi connectivity index (χ0n) is 7.18. The first-order chi connectivity index (χ1) is 6.86. The summed E-state index contributed by atoms with van der Waals surface area (Å²) in [5.41, 5.74) is 0.925. The molecular weight excluding hydrogens is 196 g/mol. The fourth-order valence-electron chi connectivity index (χ4n) is 1.51. The summed E-state index contributed by atoms with van der Waals surface area (Å²) in [6, 6.07) is 7.82. The van der Waals surface area contributed by atoms with Crippen LogP contribution < -0.4 is 9.51 Å². The molecule has 14 heavy (non-hydrogen) atoms. The lowest BCUT2D eigenvalue weighted by Gasteiger charge is -1.96. The standard InChI is InChI=1S/C10H6N2OS/c13-9-5-14-10-7-3-1-2-4-8(7)11-6-12(9)10/h1-6H. The zero-order chi connectivity index (χ0) is 9.54. The first kappa shape index (κ1) is 7.70. The van der Waals surface area contributed by atoms with Crippen LogP contribution in [0.25, 0.3) is 15.7 Å². The van der Waals surface area contributed by atoms with Crippen molar-refractivity contribution in [3.63, 3.8) is 0 Å². The van der Waals surface area contributed by atoms with Gasteiger partial charge in [-0.1, -0.05) is 23.5 Å². The number of nitrogens with zero attached hydrogens (tertiary/aromatic N) is 2. The molecule has 0 bridgehead atoms. The minimum absolute atomic E-state index is 0.0109. The Morgan fingerprint density at radius 2 is 2.14 bits per heavy atom. The number of hydrogen-bond acceptors (Lipinski definition) is 3. The van der Waals surface area contributed by atoms with Gasteiger partial charge in [-0.05, 0) is 17.1 Å². The molecular formula is C10H6N2OS. The van der Waals surface area contributed by atoms with Crippen LogP contribution in [0.3, 0.4) is 0 Å². The lowest BCUT2D eigenvalue weighted by atomic mass is 10.2. The molecule has 0 amide bonds. The Kier molecular flexibility index (Phi) is 1.46. The van der Waals surface area contributed by atoms with Crippen LogP contribution in [-0.4, -0.2) is 4.98 Å². The Morgan fingerprint density at radius 1 is 1.29 bits per heavy atom. The molecule has 3 rings (SSSR count). The largest absolute Gasteiger partial charge is 0.841 e. The highest BCUT2D eigenvalue weighted by atomic mass is 32.1. The van der Waals surface area contributed by atoms with Gasteiger partial charge in [0, 0.05) is 5.38 Å². The van der Waals surface area contributed by atoms with E-state index in [1.165, 1.54) is 11.3 Å². The molecule has 0 atom stereocenters. The van der Waals surface area contributed by atoms with E-state index in [4.69, 9.17) is 0 Å². The quantitative estimate of drug-likeness (QED) is 0.512. The number of fused-ring (bicyclic) bond motifs is 3. The van der Waals surface area contributed by atoms with Gasteiger partial charge in [0.15, 0.2) is 10.3 Å². The number of hydrogen-bond donors (Lipinski definition) is 0. The Hall–Kier alpha value is -1.68. The topological polar surface area (TPSA) is 40.1 Å². The molecule has 2 aromatic heterocycles. The summed E-state index contributed by atoms with van der Waals surface area (Å²) < 4.78 is 1.58. The van der Waals surface area contributed by atoms with Crippen molar-refractivity contribution in [3.05, 3.63) is 36.0 Å². The monoisotopic (exact) mass is 202 g/mol. The lowest BCUT2D eigenvalue weighted by molar-refractivity contribution is -0.582. The van der Waals surface area contributed by atoms with Gasteiger partial charge in [-0.2, -0.15) is 4.40 Å². The van der Waals surface area contributed by atoms with Crippen LogP contribution in [0.4, 0.5) is 0 Å². The summed E-state index contributed by atoms with van der Waals surface area (Å²) >= 11 is 1.45. The van der Waals surface area contributed by atoms with Crippen LogP contribution in [0.1, 0.15) is 0 Å². The predicted molar refractivity (Wildman–Crippen MR) is 52.2 cm³/mol.